The van der Waals surface area contributed by atoms with Crippen molar-refractivity contribution >= 4 is 21.8 Å². The molecular weight excluding hydrogens is 317 g/mol. The Morgan fingerprint density at radius 3 is 2.89 bits per heavy atom. The second kappa shape index (κ2) is 5.56. The zero-order valence-corrected chi connectivity index (χ0v) is 12.3. The molecule has 1 N–H and O–H groups in total. The Morgan fingerprint density at radius 2 is 2.32 bits per heavy atom. The second-order valence-corrected chi connectivity index (χ2v) is 5.64. The van der Waals surface area contributed by atoms with E-state index in [9.17, 15) is 9.18 Å². The van der Waals surface area contributed by atoms with Gasteiger partial charge in [-0.25, -0.2) is 4.39 Å². The number of hydrogen-bond acceptors (Lipinski definition) is 3. The number of ether oxygens (including phenoxy) is 2. The van der Waals surface area contributed by atoms with Crippen LogP contribution in [0.15, 0.2) is 22.7 Å². The highest BCUT2D eigenvalue weighted by Crippen LogP contribution is 2.22. The molecule has 1 heterocycles. The lowest BCUT2D eigenvalue weighted by Crippen LogP contribution is -2.34. The summed E-state index contributed by atoms with van der Waals surface area (Å²) >= 11 is 3.16. The fraction of sp³-hybridized carbons (Fsp3) is 0.462. The number of nitrogens with one attached hydrogen (secondary N) is 1. The van der Waals surface area contributed by atoms with E-state index >= 15 is 0 Å². The summed E-state index contributed by atoms with van der Waals surface area (Å²) in [5.74, 6) is -1.27. The SMILES string of the molecule is CC1(C)OCC(CNC(=O)c2ccc(F)cc2Br)O1. The van der Waals surface area contributed by atoms with Crippen LogP contribution in [0.25, 0.3) is 0 Å². The third-order valence-corrected chi connectivity index (χ3v) is 3.39. The van der Waals surface area contributed by atoms with E-state index in [1.54, 1.807) is 0 Å². The highest BCUT2D eigenvalue weighted by Gasteiger charge is 2.32. The molecule has 1 atom stereocenters. The van der Waals surface area contributed by atoms with Crippen molar-refractivity contribution in [2.24, 2.45) is 0 Å². The summed E-state index contributed by atoms with van der Waals surface area (Å²) in [7, 11) is 0. The number of hydrogen-bond donors (Lipinski definition) is 1. The van der Waals surface area contributed by atoms with Crippen LogP contribution >= 0.6 is 15.9 Å². The smallest absolute Gasteiger partial charge is 0.252 e. The predicted molar refractivity (Wildman–Crippen MR) is 71.3 cm³/mol. The molecule has 0 bridgehead atoms. The summed E-state index contributed by atoms with van der Waals surface area (Å²) in [5.41, 5.74) is 0.388. The van der Waals surface area contributed by atoms with Gasteiger partial charge in [0, 0.05) is 11.0 Å². The summed E-state index contributed by atoms with van der Waals surface area (Å²) in [5, 5.41) is 2.74. The number of carbonyl (C=O) groups is 1. The van der Waals surface area contributed by atoms with Gasteiger partial charge in [-0.1, -0.05) is 0 Å². The fourth-order valence-corrected chi connectivity index (χ4v) is 2.37. The first kappa shape index (κ1) is 14.4. The van der Waals surface area contributed by atoms with Crippen molar-refractivity contribution in [1.29, 1.82) is 0 Å². The van der Waals surface area contributed by atoms with Crippen LogP contribution in [0, 0.1) is 5.82 Å². The van der Waals surface area contributed by atoms with Crippen LogP contribution in [0.4, 0.5) is 4.39 Å². The molecule has 0 radical (unpaired) electrons. The first-order chi connectivity index (χ1) is 8.87. The molecule has 6 heteroatoms. The van der Waals surface area contributed by atoms with Crippen molar-refractivity contribution in [2.75, 3.05) is 13.2 Å². The van der Waals surface area contributed by atoms with Crippen LogP contribution in [0.5, 0.6) is 0 Å². The maximum atomic E-state index is 12.9. The van der Waals surface area contributed by atoms with Crippen molar-refractivity contribution < 1.29 is 18.7 Å². The molecule has 0 saturated carbocycles. The highest BCUT2D eigenvalue weighted by atomic mass is 79.9. The Labute approximate surface area is 119 Å². The molecule has 19 heavy (non-hydrogen) atoms. The highest BCUT2D eigenvalue weighted by molar-refractivity contribution is 9.10. The van der Waals surface area contributed by atoms with Crippen molar-refractivity contribution in [3.63, 3.8) is 0 Å². The minimum atomic E-state index is -0.605. The lowest BCUT2D eigenvalue weighted by Gasteiger charge is -2.17. The van der Waals surface area contributed by atoms with Crippen LogP contribution in [0.2, 0.25) is 0 Å². The average molecular weight is 332 g/mol. The van der Waals surface area contributed by atoms with Crippen molar-refractivity contribution in [2.45, 2.75) is 25.7 Å². The molecule has 1 saturated heterocycles. The zero-order valence-electron chi connectivity index (χ0n) is 10.7. The van der Waals surface area contributed by atoms with Crippen molar-refractivity contribution in [3.8, 4) is 0 Å². The molecule has 0 spiro atoms. The van der Waals surface area contributed by atoms with Crippen molar-refractivity contribution in [1.82, 2.24) is 5.32 Å². The number of amides is 1. The van der Waals surface area contributed by atoms with Crippen LogP contribution < -0.4 is 5.32 Å². The summed E-state index contributed by atoms with van der Waals surface area (Å²) in [6.07, 6.45) is -0.168. The third-order valence-electron chi connectivity index (χ3n) is 2.73. The van der Waals surface area contributed by atoms with Crippen LogP contribution in [0.1, 0.15) is 24.2 Å². The number of benzene rings is 1. The molecule has 1 aromatic carbocycles. The van der Waals surface area contributed by atoms with Crippen LogP contribution in [0.3, 0.4) is 0 Å². The van der Waals surface area contributed by atoms with Crippen LogP contribution in [-0.2, 0) is 9.47 Å². The first-order valence-electron chi connectivity index (χ1n) is 5.92. The van der Waals surface area contributed by atoms with Gasteiger partial charge in [0.25, 0.3) is 5.91 Å². The monoisotopic (exact) mass is 331 g/mol. The molecule has 1 aliphatic heterocycles. The molecule has 0 aliphatic carbocycles. The van der Waals surface area contributed by atoms with E-state index in [4.69, 9.17) is 9.47 Å². The van der Waals surface area contributed by atoms with E-state index in [1.165, 1.54) is 18.2 Å². The second-order valence-electron chi connectivity index (χ2n) is 4.78. The van der Waals surface area contributed by atoms with Gasteiger partial charge < -0.3 is 14.8 Å². The summed E-state index contributed by atoms with van der Waals surface area (Å²) < 4.78 is 24.3. The van der Waals surface area contributed by atoms with Gasteiger partial charge >= 0.3 is 0 Å². The minimum absolute atomic E-state index is 0.168. The zero-order chi connectivity index (χ0) is 14.0. The number of halogens is 2. The van der Waals surface area contributed by atoms with Gasteiger partial charge in [-0.3, -0.25) is 4.79 Å². The topological polar surface area (TPSA) is 47.6 Å². The molecule has 0 aromatic heterocycles. The number of rotatable bonds is 3. The standard InChI is InChI=1S/C13H15BrFNO3/c1-13(2)18-7-9(19-13)6-16-12(17)10-4-3-8(15)5-11(10)14/h3-5,9H,6-7H2,1-2H3,(H,16,17). The Hall–Kier alpha value is -0.980. The summed E-state index contributed by atoms with van der Waals surface area (Å²) in [6.45, 7) is 4.45. The summed E-state index contributed by atoms with van der Waals surface area (Å²) in [6, 6.07) is 3.94. The van der Waals surface area contributed by atoms with Gasteiger partial charge in [-0.05, 0) is 48.0 Å². The molecule has 1 unspecified atom stereocenters. The molecule has 1 amide bonds. The van der Waals surface area contributed by atoms with Gasteiger partial charge in [0.15, 0.2) is 5.79 Å². The van der Waals surface area contributed by atoms with Crippen LogP contribution in [-0.4, -0.2) is 30.9 Å². The molecule has 1 aromatic rings. The molecule has 104 valence electrons. The maximum Gasteiger partial charge on any atom is 0.252 e. The van der Waals surface area contributed by atoms with E-state index in [2.05, 4.69) is 21.2 Å². The molecular formula is C13H15BrFNO3. The molecule has 4 nitrogen and oxygen atoms in total. The lowest BCUT2D eigenvalue weighted by atomic mass is 10.2. The Bertz CT molecular complexity index is 493. The third kappa shape index (κ3) is 3.75. The normalized spacial score (nSPS) is 21.4. The Balaban J connectivity index is 1.91. The van der Waals surface area contributed by atoms with E-state index < -0.39 is 11.6 Å². The minimum Gasteiger partial charge on any atom is -0.349 e. The van der Waals surface area contributed by atoms with E-state index in [0.29, 0.717) is 23.2 Å². The predicted octanol–water partition coefficient (Wildman–Crippen LogP) is 2.47. The van der Waals surface area contributed by atoms with Crippen molar-refractivity contribution in [3.05, 3.63) is 34.1 Å². The van der Waals surface area contributed by atoms with Gasteiger partial charge in [0.1, 0.15) is 11.9 Å². The van der Waals surface area contributed by atoms with Gasteiger partial charge in [-0.2, -0.15) is 0 Å². The summed E-state index contributed by atoms with van der Waals surface area (Å²) in [4.78, 5) is 11.9. The lowest BCUT2D eigenvalue weighted by molar-refractivity contribution is -0.137. The maximum absolute atomic E-state index is 12.9. The van der Waals surface area contributed by atoms with E-state index in [-0.39, 0.29) is 12.0 Å². The molecule has 1 fully saturated rings. The number of carbonyl (C=O) groups excluding carboxylic acids is 1. The first-order valence-corrected chi connectivity index (χ1v) is 6.72. The average Bonchev–Trinajstić information content (AvgIpc) is 2.66. The van der Waals surface area contributed by atoms with Gasteiger partial charge in [0.2, 0.25) is 0 Å². The van der Waals surface area contributed by atoms with Gasteiger partial charge in [0.05, 0.1) is 12.2 Å². The van der Waals surface area contributed by atoms with E-state index in [0.717, 1.165) is 0 Å². The van der Waals surface area contributed by atoms with Gasteiger partial charge in [-0.15, -0.1) is 0 Å². The Kier molecular flexibility index (Phi) is 4.23. The largest absolute Gasteiger partial charge is 0.349 e. The van der Waals surface area contributed by atoms with E-state index in [1.807, 2.05) is 13.8 Å². The fourth-order valence-electron chi connectivity index (χ4n) is 1.84. The molecule has 1 aliphatic rings. The Morgan fingerprint density at radius 1 is 1.58 bits per heavy atom. The quantitative estimate of drug-likeness (QED) is 0.925. The molecule has 2 rings (SSSR count).